The molecule has 5 nitrogen and oxygen atoms in total. The monoisotopic (exact) mass is 771 g/mol. The van der Waals surface area contributed by atoms with E-state index in [-0.39, 0.29) is 12.5 Å². The molecule has 1 aromatic carbocycles. The maximum atomic E-state index is 6.70. The molecular weight excluding hydrogens is 677 g/mol. The van der Waals surface area contributed by atoms with Gasteiger partial charge in [0.2, 0.25) is 0 Å². The van der Waals surface area contributed by atoms with Gasteiger partial charge in [-0.2, -0.15) is 0 Å². The molecule has 1 aromatic rings. The molecule has 0 aliphatic carbocycles. The van der Waals surface area contributed by atoms with E-state index in [9.17, 15) is 0 Å². The Morgan fingerprint density at radius 1 is 0.400 bits per heavy atom. The fraction of sp³-hybridized carbons (Fsp3) is 0.880. The third kappa shape index (κ3) is 27.1. The van der Waals surface area contributed by atoms with Crippen molar-refractivity contribution in [1.29, 1.82) is 0 Å². The van der Waals surface area contributed by atoms with Crippen LogP contribution in [-0.2, 0) is 4.74 Å². The molecule has 322 valence electrons. The van der Waals surface area contributed by atoms with E-state index in [4.69, 9.17) is 14.2 Å². The van der Waals surface area contributed by atoms with Crippen LogP contribution in [0.4, 0.5) is 0 Å². The quantitative estimate of drug-likeness (QED) is 0.0652. The van der Waals surface area contributed by atoms with Crippen molar-refractivity contribution in [2.75, 3.05) is 39.4 Å². The predicted molar refractivity (Wildman–Crippen MR) is 240 cm³/mol. The average molecular weight is 771 g/mol. The van der Waals surface area contributed by atoms with Crippen LogP contribution in [0.3, 0.4) is 0 Å². The second-order valence-electron chi connectivity index (χ2n) is 17.0. The van der Waals surface area contributed by atoms with Gasteiger partial charge in [-0.1, -0.05) is 195 Å². The summed E-state index contributed by atoms with van der Waals surface area (Å²) in [6.07, 6.45) is 43.4. The van der Waals surface area contributed by atoms with Crippen molar-refractivity contribution in [2.24, 2.45) is 0 Å². The Morgan fingerprint density at radius 3 is 0.945 bits per heavy atom. The first-order chi connectivity index (χ1) is 27.2. The van der Waals surface area contributed by atoms with E-state index in [0.29, 0.717) is 0 Å². The van der Waals surface area contributed by atoms with Crippen molar-refractivity contribution in [3.63, 3.8) is 0 Å². The molecule has 2 unspecified atom stereocenters. The molecule has 5 heteroatoms. The summed E-state index contributed by atoms with van der Waals surface area (Å²) >= 11 is 0. The van der Waals surface area contributed by atoms with E-state index in [2.05, 4.69) is 61.8 Å². The average Bonchev–Trinajstić information content (AvgIpc) is 3.21. The number of benzene rings is 1. The molecule has 0 radical (unpaired) electrons. The number of fused-ring (bicyclic) bond motifs is 12. The summed E-state index contributed by atoms with van der Waals surface area (Å²) in [7, 11) is 0. The second-order valence-corrected chi connectivity index (χ2v) is 17.0. The minimum atomic E-state index is 0.0842. The SMILES string of the molecule is CCCCCCCCCCCCCCCCN(CC)C1CCCOCCCC(N(CC)CCCCCCCCCCCCCCCC)Oc2ccc(cc2)O1. The number of hydrogen-bond acceptors (Lipinski definition) is 5. The maximum Gasteiger partial charge on any atom is 0.152 e. The van der Waals surface area contributed by atoms with Crippen LogP contribution < -0.4 is 9.47 Å². The molecule has 2 heterocycles. The molecule has 0 spiro atoms. The molecule has 0 fully saturated rings. The van der Waals surface area contributed by atoms with Crippen molar-refractivity contribution in [3.05, 3.63) is 24.3 Å². The lowest BCUT2D eigenvalue weighted by molar-refractivity contribution is 0.00715. The Bertz CT molecular complexity index is 853. The molecule has 3 rings (SSSR count). The summed E-state index contributed by atoms with van der Waals surface area (Å²) in [5.41, 5.74) is 0. The van der Waals surface area contributed by atoms with Crippen molar-refractivity contribution in [2.45, 2.75) is 246 Å². The lowest BCUT2D eigenvalue weighted by Gasteiger charge is -2.32. The molecule has 2 aliphatic heterocycles. The molecular formula is C50H94N2O3. The number of unbranched alkanes of at least 4 members (excludes halogenated alkanes) is 26. The van der Waals surface area contributed by atoms with Crippen LogP contribution in [-0.4, -0.2) is 61.6 Å². The molecule has 0 saturated heterocycles. The van der Waals surface area contributed by atoms with Crippen molar-refractivity contribution < 1.29 is 14.2 Å². The minimum Gasteiger partial charge on any atom is -0.475 e. The fourth-order valence-corrected chi connectivity index (χ4v) is 8.40. The molecule has 0 N–H and O–H groups in total. The highest BCUT2D eigenvalue weighted by Crippen LogP contribution is 2.25. The molecule has 2 aliphatic rings. The van der Waals surface area contributed by atoms with Crippen molar-refractivity contribution in [1.82, 2.24) is 9.80 Å². The first kappa shape index (κ1) is 49.8. The van der Waals surface area contributed by atoms with E-state index in [1.54, 1.807) is 0 Å². The van der Waals surface area contributed by atoms with Crippen LogP contribution in [0.5, 0.6) is 11.5 Å². The minimum absolute atomic E-state index is 0.0842. The summed E-state index contributed by atoms with van der Waals surface area (Å²) in [6.45, 7) is 15.0. The van der Waals surface area contributed by atoms with Crippen LogP contribution in [0.25, 0.3) is 0 Å². The van der Waals surface area contributed by atoms with Gasteiger partial charge in [-0.05, 0) is 63.0 Å². The van der Waals surface area contributed by atoms with E-state index < -0.39 is 0 Å². The van der Waals surface area contributed by atoms with Gasteiger partial charge in [-0.25, -0.2) is 0 Å². The molecule has 0 amide bonds. The fourth-order valence-electron chi connectivity index (χ4n) is 8.40. The molecule has 2 atom stereocenters. The number of rotatable bonds is 34. The third-order valence-electron chi connectivity index (χ3n) is 12.1. The smallest absolute Gasteiger partial charge is 0.152 e. The molecule has 0 aromatic heterocycles. The molecule has 2 bridgehead atoms. The number of hydrogen-bond donors (Lipinski definition) is 0. The Hall–Kier alpha value is -1.30. The zero-order chi connectivity index (χ0) is 39.3. The summed E-state index contributed by atoms with van der Waals surface area (Å²) in [4.78, 5) is 5.10. The summed E-state index contributed by atoms with van der Waals surface area (Å²) in [5, 5.41) is 0. The summed E-state index contributed by atoms with van der Waals surface area (Å²) < 4.78 is 19.6. The van der Waals surface area contributed by atoms with Crippen molar-refractivity contribution >= 4 is 0 Å². The van der Waals surface area contributed by atoms with Gasteiger partial charge in [0, 0.05) is 39.1 Å². The Kier molecular flexibility index (Phi) is 33.5. The largest absolute Gasteiger partial charge is 0.475 e. The lowest BCUT2D eigenvalue weighted by atomic mass is 10.0. The van der Waals surface area contributed by atoms with E-state index in [0.717, 1.165) is 76.6 Å². The zero-order valence-electron chi connectivity index (χ0n) is 37.5. The Labute approximate surface area is 343 Å². The van der Waals surface area contributed by atoms with Gasteiger partial charge < -0.3 is 14.2 Å². The van der Waals surface area contributed by atoms with Crippen LogP contribution in [0, 0.1) is 0 Å². The van der Waals surface area contributed by atoms with Crippen molar-refractivity contribution in [3.8, 4) is 11.5 Å². The van der Waals surface area contributed by atoms with Gasteiger partial charge >= 0.3 is 0 Å². The van der Waals surface area contributed by atoms with Gasteiger partial charge in [-0.3, -0.25) is 9.80 Å². The zero-order valence-corrected chi connectivity index (χ0v) is 37.5. The number of ether oxygens (including phenoxy) is 3. The van der Waals surface area contributed by atoms with Gasteiger partial charge in [0.15, 0.2) is 12.5 Å². The topological polar surface area (TPSA) is 34.2 Å². The van der Waals surface area contributed by atoms with E-state index in [1.165, 1.54) is 180 Å². The molecule has 0 saturated carbocycles. The van der Waals surface area contributed by atoms with E-state index in [1.807, 2.05) is 0 Å². The first-order valence-electron chi connectivity index (χ1n) is 24.7. The molecule has 55 heavy (non-hydrogen) atoms. The van der Waals surface area contributed by atoms with Gasteiger partial charge in [0.25, 0.3) is 0 Å². The summed E-state index contributed by atoms with van der Waals surface area (Å²) in [5.74, 6) is 1.89. The Morgan fingerprint density at radius 2 is 0.673 bits per heavy atom. The Balaban J connectivity index is 1.70. The lowest BCUT2D eigenvalue weighted by Crippen LogP contribution is -2.40. The highest BCUT2D eigenvalue weighted by atomic mass is 16.5. The van der Waals surface area contributed by atoms with Crippen LogP contribution in [0.2, 0.25) is 0 Å². The highest BCUT2D eigenvalue weighted by Gasteiger charge is 2.21. The van der Waals surface area contributed by atoms with Crippen LogP contribution >= 0.6 is 0 Å². The predicted octanol–water partition coefficient (Wildman–Crippen LogP) is 15.3. The first-order valence-corrected chi connectivity index (χ1v) is 24.7. The van der Waals surface area contributed by atoms with Gasteiger partial charge in [0.1, 0.15) is 11.5 Å². The second kappa shape index (κ2) is 37.0. The summed E-state index contributed by atoms with van der Waals surface area (Å²) in [6, 6.07) is 8.50. The van der Waals surface area contributed by atoms with Gasteiger partial charge in [-0.15, -0.1) is 0 Å². The van der Waals surface area contributed by atoms with Gasteiger partial charge in [0.05, 0.1) is 0 Å². The van der Waals surface area contributed by atoms with Crippen LogP contribution in [0.15, 0.2) is 24.3 Å². The third-order valence-corrected chi connectivity index (χ3v) is 12.1. The highest BCUT2D eigenvalue weighted by molar-refractivity contribution is 5.31. The maximum absolute atomic E-state index is 6.70. The van der Waals surface area contributed by atoms with Crippen LogP contribution in [0.1, 0.15) is 233 Å². The van der Waals surface area contributed by atoms with E-state index >= 15 is 0 Å². The normalized spacial score (nSPS) is 17.0. The number of nitrogens with zero attached hydrogens (tertiary/aromatic N) is 2. The standard InChI is InChI=1S/C50H94N2O3/c1-5-9-11-13-15-17-19-21-23-25-27-29-31-33-43-51(7-3)49-37-35-45-53-46-36-38-50(55-48-41-39-47(54-49)40-42-48)52(8-4)44-34-32-30-28-26-24-22-20-18-16-14-12-10-6-2/h39-42,49-50H,5-38,43-46H2,1-4H3.